The van der Waals surface area contributed by atoms with Crippen LogP contribution in [0.15, 0.2) is 63.2 Å². The maximum absolute atomic E-state index is 13.7. The van der Waals surface area contributed by atoms with E-state index in [1.54, 1.807) is 7.05 Å². The van der Waals surface area contributed by atoms with Gasteiger partial charge in [0, 0.05) is 7.05 Å². The third-order valence-corrected chi connectivity index (χ3v) is 6.57. The number of rotatable bonds is 4. The Morgan fingerprint density at radius 2 is 1.41 bits per heavy atom. The van der Waals surface area contributed by atoms with Gasteiger partial charge in [-0.3, -0.25) is 18.5 Å². The molecule has 2 aromatic heterocycles. The first kappa shape index (κ1) is 21.9. The van der Waals surface area contributed by atoms with Gasteiger partial charge in [0.2, 0.25) is 5.95 Å². The summed E-state index contributed by atoms with van der Waals surface area (Å²) in [5.41, 5.74) is 5.23. The Labute approximate surface area is 197 Å². The molecule has 0 spiro atoms. The molecule has 174 valence electrons. The average molecular weight is 457 g/mol. The van der Waals surface area contributed by atoms with Crippen molar-refractivity contribution in [2.24, 2.45) is 12.1 Å². The van der Waals surface area contributed by atoms with Crippen LogP contribution in [0.3, 0.4) is 0 Å². The maximum atomic E-state index is 13.7. The predicted octanol–water partition coefficient (Wildman–Crippen LogP) is 3.52. The minimum Gasteiger partial charge on any atom is -0.294 e. The minimum atomic E-state index is -0.385. The molecule has 0 saturated carbocycles. The van der Waals surface area contributed by atoms with E-state index in [9.17, 15) is 9.59 Å². The van der Waals surface area contributed by atoms with Crippen molar-refractivity contribution in [2.45, 2.75) is 46.8 Å². The molecule has 2 aromatic carbocycles. The highest BCUT2D eigenvalue weighted by molar-refractivity contribution is 5.91. The number of aromatic nitrogens is 4. The van der Waals surface area contributed by atoms with Crippen LogP contribution in [0.4, 0.5) is 5.95 Å². The molecule has 0 N–H and O–H groups in total. The Morgan fingerprint density at radius 3 is 2.00 bits per heavy atom. The normalized spacial score (nSPS) is 15.5. The predicted molar refractivity (Wildman–Crippen MR) is 135 cm³/mol. The second kappa shape index (κ2) is 8.13. The number of benzene rings is 2. The van der Waals surface area contributed by atoms with E-state index in [1.165, 1.54) is 14.7 Å². The monoisotopic (exact) mass is 456 g/mol. The lowest BCUT2D eigenvalue weighted by Gasteiger charge is -2.29. The van der Waals surface area contributed by atoms with Crippen molar-refractivity contribution in [2.75, 3.05) is 5.01 Å². The molecular weight excluding hydrogens is 428 g/mol. The molecule has 3 heterocycles. The van der Waals surface area contributed by atoms with Crippen molar-refractivity contribution in [1.29, 1.82) is 0 Å². The second-order valence-corrected chi connectivity index (χ2v) is 9.13. The number of imidazole rings is 1. The number of hydrogen-bond acceptors (Lipinski definition) is 5. The number of nitrogens with zero attached hydrogens (tertiary/aromatic N) is 6. The van der Waals surface area contributed by atoms with Gasteiger partial charge in [-0.25, -0.2) is 9.80 Å². The molecule has 4 aromatic rings. The van der Waals surface area contributed by atoms with E-state index in [0.717, 1.165) is 22.4 Å². The van der Waals surface area contributed by atoms with Gasteiger partial charge in [-0.05, 0) is 38.8 Å². The largest absolute Gasteiger partial charge is 0.332 e. The lowest BCUT2D eigenvalue weighted by Crippen LogP contribution is -2.40. The van der Waals surface area contributed by atoms with Crippen LogP contribution < -0.4 is 16.3 Å². The van der Waals surface area contributed by atoms with Gasteiger partial charge in [0.1, 0.15) is 0 Å². The van der Waals surface area contributed by atoms with Gasteiger partial charge >= 0.3 is 5.69 Å². The zero-order chi connectivity index (χ0) is 24.1. The highest BCUT2D eigenvalue weighted by atomic mass is 16.2. The Kier molecular flexibility index (Phi) is 5.23. The van der Waals surface area contributed by atoms with E-state index >= 15 is 0 Å². The Balaban J connectivity index is 1.67. The number of aryl methyl sites for hydroxylation is 3. The molecular formula is C26H28N6O2. The van der Waals surface area contributed by atoms with Crippen molar-refractivity contribution in [1.82, 2.24) is 18.7 Å². The van der Waals surface area contributed by atoms with Crippen LogP contribution in [-0.2, 0) is 20.1 Å². The molecule has 0 aliphatic carbocycles. The Hall–Kier alpha value is -3.94. The molecule has 0 fully saturated rings. The third kappa shape index (κ3) is 3.55. The molecule has 0 saturated heterocycles. The van der Waals surface area contributed by atoms with Gasteiger partial charge in [0.05, 0.1) is 24.8 Å². The molecule has 8 nitrogen and oxygen atoms in total. The maximum Gasteiger partial charge on any atom is 0.332 e. The minimum absolute atomic E-state index is 0.160. The van der Waals surface area contributed by atoms with Crippen LogP contribution in [0.2, 0.25) is 0 Å². The summed E-state index contributed by atoms with van der Waals surface area (Å²) in [6.07, 6.45) is 0. The SMILES string of the molecule is CC1=NN(Cc2ccc(C)cc2)c2nc3c(c(=O)n(Cc4ccc(C)cc4)c(=O)n3C)n2[C@H]1C. The van der Waals surface area contributed by atoms with E-state index < -0.39 is 0 Å². The quantitative estimate of drug-likeness (QED) is 0.471. The van der Waals surface area contributed by atoms with Crippen LogP contribution in [-0.4, -0.2) is 24.4 Å². The molecule has 0 unspecified atom stereocenters. The summed E-state index contributed by atoms with van der Waals surface area (Å²) < 4.78 is 4.67. The smallest absolute Gasteiger partial charge is 0.294 e. The zero-order valence-electron chi connectivity index (χ0n) is 20.1. The van der Waals surface area contributed by atoms with Crippen LogP contribution in [0, 0.1) is 13.8 Å². The number of anilines is 1. The molecule has 1 aliphatic heterocycles. The van der Waals surface area contributed by atoms with Gasteiger partial charge in [0.25, 0.3) is 5.56 Å². The summed E-state index contributed by atoms with van der Waals surface area (Å²) in [5, 5.41) is 6.58. The lowest BCUT2D eigenvalue weighted by molar-refractivity contribution is 0.626. The highest BCUT2D eigenvalue weighted by Gasteiger charge is 2.30. The molecule has 0 radical (unpaired) electrons. The lowest BCUT2D eigenvalue weighted by atomic mass is 10.1. The fraction of sp³-hybridized carbons (Fsp3) is 0.308. The molecule has 0 amide bonds. The summed E-state index contributed by atoms with van der Waals surface area (Å²) in [6, 6.07) is 15.9. The van der Waals surface area contributed by atoms with Gasteiger partial charge < -0.3 is 0 Å². The second-order valence-electron chi connectivity index (χ2n) is 9.13. The first-order valence-electron chi connectivity index (χ1n) is 11.4. The molecule has 0 bridgehead atoms. The zero-order valence-corrected chi connectivity index (χ0v) is 20.1. The van der Waals surface area contributed by atoms with E-state index in [1.807, 2.05) is 54.6 Å². The Morgan fingerprint density at radius 1 is 0.853 bits per heavy atom. The summed E-state index contributed by atoms with van der Waals surface area (Å²) in [5.74, 6) is 0.564. The average Bonchev–Trinajstić information content (AvgIpc) is 3.23. The van der Waals surface area contributed by atoms with Crippen LogP contribution >= 0.6 is 0 Å². The first-order chi connectivity index (χ1) is 16.2. The number of fused-ring (bicyclic) bond motifs is 3. The van der Waals surface area contributed by atoms with E-state index in [-0.39, 0.29) is 23.8 Å². The van der Waals surface area contributed by atoms with Crippen LogP contribution in [0.25, 0.3) is 11.2 Å². The van der Waals surface area contributed by atoms with E-state index in [0.29, 0.717) is 23.7 Å². The molecule has 34 heavy (non-hydrogen) atoms. The summed E-state index contributed by atoms with van der Waals surface area (Å²) >= 11 is 0. The summed E-state index contributed by atoms with van der Waals surface area (Å²) in [4.78, 5) is 31.6. The molecule has 5 rings (SSSR count). The van der Waals surface area contributed by atoms with Gasteiger partial charge in [0.15, 0.2) is 11.2 Å². The van der Waals surface area contributed by atoms with E-state index in [2.05, 4.69) is 31.2 Å². The third-order valence-electron chi connectivity index (χ3n) is 6.57. The van der Waals surface area contributed by atoms with Crippen molar-refractivity contribution < 1.29 is 0 Å². The van der Waals surface area contributed by atoms with E-state index in [4.69, 9.17) is 10.1 Å². The number of hydrazone groups is 1. The first-order valence-corrected chi connectivity index (χ1v) is 11.4. The summed E-state index contributed by atoms with van der Waals surface area (Å²) in [7, 11) is 1.66. The topological polar surface area (TPSA) is 77.4 Å². The molecule has 1 aliphatic rings. The molecule has 8 heteroatoms. The fourth-order valence-corrected chi connectivity index (χ4v) is 4.37. The van der Waals surface area contributed by atoms with Gasteiger partial charge in [-0.1, -0.05) is 59.7 Å². The standard InChI is InChI=1S/C26H28N6O2/c1-16-6-10-20(11-7-16)14-30-24(33)22-23(29(5)26(30)34)27-25-31(28-18(3)19(4)32(22)25)15-21-12-8-17(2)9-13-21/h6-13,19H,14-15H2,1-5H3/t19-/m0/s1. The van der Waals surface area contributed by atoms with Crippen molar-refractivity contribution in [3.8, 4) is 0 Å². The highest BCUT2D eigenvalue weighted by Crippen LogP contribution is 2.30. The summed E-state index contributed by atoms with van der Waals surface area (Å²) in [6.45, 7) is 8.73. The van der Waals surface area contributed by atoms with Gasteiger partial charge in [-0.15, -0.1) is 0 Å². The van der Waals surface area contributed by atoms with Crippen molar-refractivity contribution in [3.05, 3.63) is 91.6 Å². The van der Waals surface area contributed by atoms with Crippen LogP contribution in [0.1, 0.15) is 42.1 Å². The van der Waals surface area contributed by atoms with Gasteiger partial charge in [-0.2, -0.15) is 10.1 Å². The fourth-order valence-electron chi connectivity index (χ4n) is 4.37. The van der Waals surface area contributed by atoms with Crippen LogP contribution in [0.5, 0.6) is 0 Å². The number of hydrogen-bond donors (Lipinski definition) is 0. The van der Waals surface area contributed by atoms with Crippen molar-refractivity contribution >= 4 is 22.8 Å². The van der Waals surface area contributed by atoms with Crippen molar-refractivity contribution in [3.63, 3.8) is 0 Å². The molecule has 1 atom stereocenters. The Bertz CT molecular complexity index is 1540.